The number of aliphatic hydroxyl groups is 1. The second-order valence-corrected chi connectivity index (χ2v) is 11.6. The first-order chi connectivity index (χ1) is 18.9. The van der Waals surface area contributed by atoms with Crippen LogP contribution in [0.15, 0.2) is 73.3 Å². The van der Waals surface area contributed by atoms with E-state index in [9.17, 15) is 27.1 Å². The van der Waals surface area contributed by atoms with E-state index in [0.29, 0.717) is 5.56 Å². The lowest BCUT2D eigenvalue weighted by atomic mass is 9.82. The molecule has 0 spiro atoms. The Bertz CT molecular complexity index is 1320. The molecule has 2 aromatic carbocycles. The van der Waals surface area contributed by atoms with Crippen molar-refractivity contribution >= 4 is 17.8 Å². The molecular weight excluding hydrogens is 553 g/mol. The van der Waals surface area contributed by atoms with Gasteiger partial charge in [-0.25, -0.2) is 18.4 Å². The van der Waals surface area contributed by atoms with Crippen LogP contribution < -0.4 is 0 Å². The van der Waals surface area contributed by atoms with Crippen molar-refractivity contribution in [1.82, 2.24) is 14.8 Å². The predicted molar refractivity (Wildman–Crippen MR) is 141 cm³/mol. The van der Waals surface area contributed by atoms with Gasteiger partial charge in [0.15, 0.2) is 6.29 Å². The minimum atomic E-state index is -4.38. The van der Waals surface area contributed by atoms with E-state index in [2.05, 4.69) is 10.1 Å². The van der Waals surface area contributed by atoms with Crippen LogP contribution in [0, 0.1) is 11.6 Å². The van der Waals surface area contributed by atoms with E-state index < -0.39 is 40.0 Å². The van der Waals surface area contributed by atoms with E-state index in [1.807, 2.05) is 0 Å². The van der Waals surface area contributed by atoms with E-state index in [1.54, 1.807) is 38.2 Å². The van der Waals surface area contributed by atoms with Crippen molar-refractivity contribution in [3.8, 4) is 0 Å². The molecule has 1 atom stereocenters. The van der Waals surface area contributed by atoms with Crippen molar-refractivity contribution in [2.45, 2.75) is 48.5 Å². The number of benzene rings is 2. The standard InChI is InChI=1S/C28H28F5N3O3S/c1-26(2,27(37,16-36-18-34-17-35-36)23-12-11-21(29)13-24(23)30)40-22-14-38-25(39-15-22)6-4-3-5-19-7-9-20(10-8-19)28(31,32)33/h3-13,17-18,22,25,37H,14-16H2,1-2H3/t22-,25-,27?. The number of alkyl halides is 3. The predicted octanol–water partition coefficient (Wildman–Crippen LogP) is 5.99. The van der Waals surface area contributed by atoms with Gasteiger partial charge in [0.2, 0.25) is 0 Å². The first-order valence-electron chi connectivity index (χ1n) is 12.3. The minimum absolute atomic E-state index is 0.0693. The normalized spacial score (nSPS) is 20.3. The summed E-state index contributed by atoms with van der Waals surface area (Å²) in [7, 11) is 0. The summed E-state index contributed by atoms with van der Waals surface area (Å²) < 4.78 is 78.5. The second-order valence-electron chi connectivity index (χ2n) is 9.73. The molecule has 0 saturated carbocycles. The Hall–Kier alpha value is -3.06. The van der Waals surface area contributed by atoms with Crippen molar-refractivity contribution in [3.05, 3.63) is 102 Å². The molecule has 0 aliphatic carbocycles. The summed E-state index contributed by atoms with van der Waals surface area (Å²) in [5, 5.41) is 15.7. The van der Waals surface area contributed by atoms with Crippen LogP contribution in [-0.4, -0.2) is 49.4 Å². The first-order valence-corrected chi connectivity index (χ1v) is 13.2. The van der Waals surface area contributed by atoms with Gasteiger partial charge in [0.1, 0.15) is 29.9 Å². The molecule has 0 amide bonds. The average Bonchev–Trinajstić information content (AvgIpc) is 3.40. The largest absolute Gasteiger partial charge is 0.416 e. The highest BCUT2D eigenvalue weighted by atomic mass is 32.2. The molecule has 1 unspecified atom stereocenters. The summed E-state index contributed by atoms with van der Waals surface area (Å²) in [5.74, 6) is -1.63. The van der Waals surface area contributed by atoms with E-state index in [1.165, 1.54) is 47.3 Å². The Morgan fingerprint density at radius 1 is 1.05 bits per heavy atom. The Morgan fingerprint density at radius 2 is 1.75 bits per heavy atom. The number of hydrogen-bond acceptors (Lipinski definition) is 6. The lowest BCUT2D eigenvalue weighted by Gasteiger charge is -2.45. The Labute approximate surface area is 232 Å². The van der Waals surface area contributed by atoms with Gasteiger partial charge in [-0.05, 0) is 43.7 Å². The highest BCUT2D eigenvalue weighted by molar-refractivity contribution is 8.01. The SMILES string of the molecule is CC(C)(S[C@H]1CO[C@H](C=CC=Cc2ccc(C(F)(F)F)cc2)OC1)C(O)(Cn1cncn1)c1ccc(F)cc1F. The summed E-state index contributed by atoms with van der Waals surface area (Å²) in [6, 6.07) is 7.87. The van der Waals surface area contributed by atoms with E-state index in [-0.39, 0.29) is 30.6 Å². The maximum atomic E-state index is 14.9. The highest BCUT2D eigenvalue weighted by Crippen LogP contribution is 2.47. The van der Waals surface area contributed by atoms with Crippen LogP contribution in [0.5, 0.6) is 0 Å². The van der Waals surface area contributed by atoms with Gasteiger partial charge in [-0.3, -0.25) is 0 Å². The smallest absolute Gasteiger partial charge is 0.382 e. The number of allylic oxidation sites excluding steroid dienone is 2. The molecule has 1 aliphatic rings. The van der Waals surface area contributed by atoms with Gasteiger partial charge >= 0.3 is 6.18 Å². The van der Waals surface area contributed by atoms with E-state index >= 15 is 0 Å². The number of halogens is 5. The van der Waals surface area contributed by atoms with Crippen molar-refractivity contribution in [2.24, 2.45) is 0 Å². The third-order valence-corrected chi connectivity index (χ3v) is 8.02. The molecule has 0 bridgehead atoms. The second kappa shape index (κ2) is 12.2. The number of aromatic nitrogens is 3. The number of nitrogens with zero attached hydrogens (tertiary/aromatic N) is 3. The van der Waals surface area contributed by atoms with Crippen molar-refractivity contribution in [3.63, 3.8) is 0 Å². The van der Waals surface area contributed by atoms with Gasteiger partial charge < -0.3 is 14.6 Å². The molecule has 1 saturated heterocycles. The van der Waals surface area contributed by atoms with Gasteiger partial charge in [0, 0.05) is 16.4 Å². The molecule has 6 nitrogen and oxygen atoms in total. The lowest BCUT2D eigenvalue weighted by Crippen LogP contribution is -2.51. The monoisotopic (exact) mass is 581 g/mol. The Balaban J connectivity index is 1.37. The van der Waals surface area contributed by atoms with Gasteiger partial charge in [-0.2, -0.15) is 18.3 Å². The zero-order valence-corrected chi connectivity index (χ0v) is 22.5. The summed E-state index contributed by atoms with van der Waals surface area (Å²) in [4.78, 5) is 3.89. The third-order valence-electron chi connectivity index (χ3n) is 6.49. The maximum Gasteiger partial charge on any atom is 0.416 e. The average molecular weight is 582 g/mol. The molecule has 1 fully saturated rings. The molecule has 1 aromatic heterocycles. The van der Waals surface area contributed by atoms with Crippen molar-refractivity contribution < 1.29 is 36.5 Å². The van der Waals surface area contributed by atoms with Gasteiger partial charge in [-0.15, -0.1) is 11.8 Å². The van der Waals surface area contributed by atoms with Crippen molar-refractivity contribution in [2.75, 3.05) is 13.2 Å². The molecule has 0 radical (unpaired) electrons. The molecule has 40 heavy (non-hydrogen) atoms. The quantitative estimate of drug-likeness (QED) is 0.248. The minimum Gasteiger partial charge on any atom is -0.382 e. The fourth-order valence-electron chi connectivity index (χ4n) is 4.27. The number of rotatable bonds is 9. The van der Waals surface area contributed by atoms with Crippen LogP contribution in [-0.2, 0) is 27.8 Å². The summed E-state index contributed by atoms with van der Waals surface area (Å²) >= 11 is 1.35. The van der Waals surface area contributed by atoms with Crippen LogP contribution in [0.3, 0.4) is 0 Å². The molecule has 3 aromatic rings. The zero-order valence-electron chi connectivity index (χ0n) is 21.7. The zero-order chi connectivity index (χ0) is 29.0. The maximum absolute atomic E-state index is 14.9. The van der Waals surface area contributed by atoms with Crippen LogP contribution in [0.2, 0.25) is 0 Å². The third kappa shape index (κ3) is 7.17. The van der Waals surface area contributed by atoms with Crippen LogP contribution in [0.25, 0.3) is 6.08 Å². The number of thioether (sulfide) groups is 1. The topological polar surface area (TPSA) is 69.4 Å². The highest BCUT2D eigenvalue weighted by Gasteiger charge is 2.49. The van der Waals surface area contributed by atoms with Crippen molar-refractivity contribution in [1.29, 1.82) is 0 Å². The molecule has 2 heterocycles. The number of hydrogen-bond donors (Lipinski definition) is 1. The molecule has 214 valence electrons. The summed E-state index contributed by atoms with van der Waals surface area (Å²) in [5.41, 5.74) is -1.97. The molecule has 4 rings (SSSR count). The molecule has 12 heteroatoms. The van der Waals surface area contributed by atoms with Crippen LogP contribution in [0.4, 0.5) is 22.0 Å². The fraction of sp³-hybridized carbons (Fsp3) is 0.357. The molecule has 1 aliphatic heterocycles. The Kier molecular flexibility index (Phi) is 9.13. The first kappa shape index (κ1) is 29.9. The fourth-order valence-corrected chi connectivity index (χ4v) is 5.77. The van der Waals surface area contributed by atoms with Gasteiger partial charge in [0.25, 0.3) is 0 Å². The lowest BCUT2D eigenvalue weighted by molar-refractivity contribution is -0.146. The van der Waals surface area contributed by atoms with Crippen LogP contribution >= 0.6 is 11.8 Å². The number of ether oxygens (including phenoxy) is 2. The van der Waals surface area contributed by atoms with Crippen LogP contribution in [0.1, 0.15) is 30.5 Å². The van der Waals surface area contributed by atoms with Gasteiger partial charge in [-0.1, -0.05) is 36.4 Å². The molecule has 1 N–H and O–H groups in total. The van der Waals surface area contributed by atoms with Gasteiger partial charge in [0.05, 0.1) is 30.6 Å². The summed E-state index contributed by atoms with van der Waals surface area (Å²) in [6.45, 7) is 3.94. The van der Waals surface area contributed by atoms with E-state index in [4.69, 9.17) is 9.47 Å². The molecular formula is C28H28F5N3O3S. The Morgan fingerprint density at radius 3 is 2.35 bits per heavy atom. The van der Waals surface area contributed by atoms with E-state index in [0.717, 1.165) is 24.3 Å². The summed E-state index contributed by atoms with van der Waals surface area (Å²) in [6.07, 6.45) is 4.36.